The molecular formula is C18H17Cl2FN2O2. The third-order valence-corrected chi connectivity index (χ3v) is 5.59. The van der Waals surface area contributed by atoms with E-state index < -0.39 is 17.5 Å². The highest BCUT2D eigenvalue weighted by molar-refractivity contribution is 6.35. The molecule has 1 aromatic carbocycles. The number of halogens is 3. The van der Waals surface area contributed by atoms with Crippen LogP contribution in [0.3, 0.4) is 0 Å². The van der Waals surface area contributed by atoms with Crippen molar-refractivity contribution in [3.63, 3.8) is 0 Å². The molecular weight excluding hydrogens is 366 g/mol. The van der Waals surface area contributed by atoms with Crippen molar-refractivity contribution in [1.82, 2.24) is 10.3 Å². The van der Waals surface area contributed by atoms with Crippen LogP contribution in [0.5, 0.6) is 0 Å². The first-order valence-electron chi connectivity index (χ1n) is 8.09. The van der Waals surface area contributed by atoms with Crippen molar-refractivity contribution in [3.8, 4) is 0 Å². The van der Waals surface area contributed by atoms with E-state index in [0.717, 1.165) is 5.56 Å². The van der Waals surface area contributed by atoms with E-state index in [2.05, 4.69) is 10.3 Å². The molecule has 132 valence electrons. The number of benzene rings is 1. The predicted molar refractivity (Wildman–Crippen MR) is 93.2 cm³/mol. The number of hydrogen-bond acceptors (Lipinski definition) is 4. The van der Waals surface area contributed by atoms with Crippen LogP contribution in [0, 0.1) is 0 Å². The minimum absolute atomic E-state index is 0.161. The van der Waals surface area contributed by atoms with Gasteiger partial charge in [-0.05, 0) is 36.6 Å². The van der Waals surface area contributed by atoms with Crippen molar-refractivity contribution >= 4 is 23.2 Å². The molecule has 0 amide bonds. The topological polar surface area (TPSA) is 57.7 Å². The molecule has 4 nitrogen and oxygen atoms in total. The van der Waals surface area contributed by atoms with Crippen LogP contribution < -0.4 is 5.32 Å². The van der Waals surface area contributed by atoms with Gasteiger partial charge in [-0.3, -0.25) is 10.3 Å². The van der Waals surface area contributed by atoms with Gasteiger partial charge in [0.1, 0.15) is 11.8 Å². The standard InChI is InChI=1S/C18H17Cl2FN2O2/c19-12-4-3-11(14(20)8-12)9-23-16(24)18(21)6-5-17(10-25-17)15-13(18)2-1-7-22-15/h1-4,7-8,16,23-24H,5-6,9-10H2/t16?,17-,18-/m0/s1. The van der Waals surface area contributed by atoms with Gasteiger partial charge in [-0.25, -0.2) is 4.39 Å². The Bertz CT molecular complexity index is 815. The molecule has 1 fully saturated rings. The number of pyridine rings is 1. The molecule has 1 unspecified atom stereocenters. The quantitative estimate of drug-likeness (QED) is 0.625. The lowest BCUT2D eigenvalue weighted by Crippen LogP contribution is -2.49. The van der Waals surface area contributed by atoms with Crippen LogP contribution in [0.15, 0.2) is 36.5 Å². The maximum atomic E-state index is 15.7. The van der Waals surface area contributed by atoms with Crippen LogP contribution in [0.1, 0.15) is 29.7 Å². The fraction of sp³-hybridized carbons (Fsp3) is 0.389. The van der Waals surface area contributed by atoms with Crippen LogP contribution >= 0.6 is 23.2 Å². The zero-order chi connectivity index (χ0) is 17.7. The molecule has 1 aliphatic carbocycles. The van der Waals surface area contributed by atoms with Crippen LogP contribution in [0.4, 0.5) is 4.39 Å². The van der Waals surface area contributed by atoms with E-state index in [1.54, 1.807) is 36.5 Å². The lowest BCUT2D eigenvalue weighted by molar-refractivity contribution is -0.0541. The summed E-state index contributed by atoms with van der Waals surface area (Å²) >= 11 is 12.0. The third kappa shape index (κ3) is 2.94. The van der Waals surface area contributed by atoms with Crippen LogP contribution in [-0.2, 0) is 22.6 Å². The van der Waals surface area contributed by atoms with Crippen molar-refractivity contribution in [1.29, 1.82) is 0 Å². The molecule has 2 heterocycles. The maximum absolute atomic E-state index is 15.7. The molecule has 1 aromatic heterocycles. The Morgan fingerprint density at radius 2 is 2.12 bits per heavy atom. The highest BCUT2D eigenvalue weighted by Gasteiger charge is 2.58. The Hall–Kier alpha value is -1.24. The van der Waals surface area contributed by atoms with Crippen molar-refractivity contribution in [3.05, 3.63) is 63.4 Å². The summed E-state index contributed by atoms with van der Waals surface area (Å²) in [6.45, 7) is 0.775. The second kappa shape index (κ2) is 6.18. The van der Waals surface area contributed by atoms with Gasteiger partial charge < -0.3 is 9.84 Å². The molecule has 4 rings (SSSR count). The van der Waals surface area contributed by atoms with Crippen molar-refractivity contribution in [2.24, 2.45) is 0 Å². The summed E-state index contributed by atoms with van der Waals surface area (Å²) in [7, 11) is 0. The van der Waals surface area contributed by atoms with E-state index in [4.69, 9.17) is 27.9 Å². The molecule has 2 aromatic rings. The Morgan fingerprint density at radius 1 is 1.32 bits per heavy atom. The first kappa shape index (κ1) is 17.2. The Kier molecular flexibility index (Phi) is 4.25. The highest BCUT2D eigenvalue weighted by Crippen LogP contribution is 2.53. The van der Waals surface area contributed by atoms with Crippen molar-refractivity contribution in [2.45, 2.75) is 36.9 Å². The van der Waals surface area contributed by atoms with E-state index in [1.807, 2.05) is 0 Å². The number of fused-ring (bicyclic) bond motifs is 2. The minimum Gasteiger partial charge on any atom is -0.375 e. The number of aliphatic hydroxyl groups is 1. The summed E-state index contributed by atoms with van der Waals surface area (Å²) < 4.78 is 21.3. The average Bonchev–Trinajstić information content (AvgIpc) is 3.39. The van der Waals surface area contributed by atoms with Crippen molar-refractivity contribution in [2.75, 3.05) is 6.61 Å². The number of ether oxygens (including phenoxy) is 1. The third-order valence-electron chi connectivity index (χ3n) is 5.01. The monoisotopic (exact) mass is 382 g/mol. The average molecular weight is 383 g/mol. The number of rotatable bonds is 4. The molecule has 3 atom stereocenters. The van der Waals surface area contributed by atoms with Gasteiger partial charge in [0.05, 0.1) is 12.3 Å². The van der Waals surface area contributed by atoms with Gasteiger partial charge in [0.2, 0.25) is 0 Å². The van der Waals surface area contributed by atoms with Gasteiger partial charge in [-0.15, -0.1) is 0 Å². The van der Waals surface area contributed by atoms with E-state index >= 15 is 4.39 Å². The largest absolute Gasteiger partial charge is 0.375 e. The summed E-state index contributed by atoms with van der Waals surface area (Å²) in [5, 5.41) is 14.4. The highest BCUT2D eigenvalue weighted by atomic mass is 35.5. The van der Waals surface area contributed by atoms with Gasteiger partial charge in [0.25, 0.3) is 0 Å². The number of alkyl halides is 1. The summed E-state index contributed by atoms with van der Waals surface area (Å²) in [6.07, 6.45) is 0.891. The first-order chi connectivity index (χ1) is 11.9. The lowest BCUT2D eigenvalue weighted by atomic mass is 9.76. The second-order valence-electron chi connectivity index (χ2n) is 6.56. The van der Waals surface area contributed by atoms with Crippen LogP contribution in [-0.4, -0.2) is 22.9 Å². The molecule has 7 heteroatoms. The molecule has 25 heavy (non-hydrogen) atoms. The van der Waals surface area contributed by atoms with Gasteiger partial charge in [0.15, 0.2) is 5.67 Å². The second-order valence-corrected chi connectivity index (χ2v) is 7.41. The van der Waals surface area contributed by atoms with Crippen LogP contribution in [0.25, 0.3) is 0 Å². The Morgan fingerprint density at radius 3 is 2.84 bits per heavy atom. The maximum Gasteiger partial charge on any atom is 0.176 e. The molecule has 2 N–H and O–H groups in total. The number of nitrogens with one attached hydrogen (secondary N) is 1. The van der Waals surface area contributed by atoms with Gasteiger partial charge in [-0.2, -0.15) is 0 Å². The van der Waals surface area contributed by atoms with Gasteiger partial charge in [0, 0.05) is 28.4 Å². The summed E-state index contributed by atoms with van der Waals surface area (Å²) in [5.41, 5.74) is -0.682. The van der Waals surface area contributed by atoms with Gasteiger partial charge in [-0.1, -0.05) is 35.3 Å². The molecule has 1 spiro atoms. The smallest absolute Gasteiger partial charge is 0.176 e. The summed E-state index contributed by atoms with van der Waals surface area (Å²) in [6, 6.07) is 8.42. The number of aromatic nitrogens is 1. The molecule has 0 saturated carbocycles. The number of nitrogens with zero attached hydrogens (tertiary/aromatic N) is 1. The predicted octanol–water partition coefficient (Wildman–Crippen LogP) is 3.68. The van der Waals surface area contributed by atoms with E-state index in [1.165, 1.54) is 0 Å². The summed E-state index contributed by atoms with van der Waals surface area (Å²) in [4.78, 5) is 4.31. The number of epoxide rings is 1. The summed E-state index contributed by atoms with van der Waals surface area (Å²) in [5.74, 6) is 0. The van der Waals surface area contributed by atoms with Crippen LogP contribution in [0.2, 0.25) is 10.0 Å². The normalized spacial score (nSPS) is 28.6. The fourth-order valence-corrected chi connectivity index (χ4v) is 3.90. The molecule has 0 bridgehead atoms. The zero-order valence-corrected chi connectivity index (χ0v) is 14.8. The Labute approximate surface area is 154 Å². The molecule has 1 saturated heterocycles. The zero-order valence-electron chi connectivity index (χ0n) is 13.3. The molecule has 0 radical (unpaired) electrons. The first-order valence-corrected chi connectivity index (χ1v) is 8.84. The Balaban J connectivity index is 1.56. The van der Waals surface area contributed by atoms with E-state index in [9.17, 15) is 5.11 Å². The van der Waals surface area contributed by atoms with E-state index in [-0.39, 0.29) is 13.0 Å². The minimum atomic E-state index is -1.93. The lowest BCUT2D eigenvalue weighted by Gasteiger charge is -2.37. The number of aliphatic hydroxyl groups excluding tert-OH is 1. The van der Waals surface area contributed by atoms with Crippen molar-refractivity contribution < 1.29 is 14.2 Å². The molecule has 1 aliphatic heterocycles. The molecule has 2 aliphatic rings. The van der Waals surface area contributed by atoms with Gasteiger partial charge >= 0.3 is 0 Å². The number of hydrogen-bond donors (Lipinski definition) is 2. The SMILES string of the molecule is OC(NCc1ccc(Cl)cc1Cl)[C@]1(F)CC[C@]2(CO2)c2ncccc21. The fourth-order valence-electron chi connectivity index (χ4n) is 3.43. The van der Waals surface area contributed by atoms with E-state index in [0.29, 0.717) is 34.3 Å².